The molecule has 0 spiro atoms. The summed E-state index contributed by atoms with van der Waals surface area (Å²) in [6, 6.07) is 3.52. The highest BCUT2D eigenvalue weighted by Gasteiger charge is 2.27. The predicted octanol–water partition coefficient (Wildman–Crippen LogP) is 3.15. The van der Waals surface area contributed by atoms with Gasteiger partial charge in [-0.25, -0.2) is 0 Å². The van der Waals surface area contributed by atoms with Crippen molar-refractivity contribution in [2.45, 2.75) is 64.2 Å². The first kappa shape index (κ1) is 25.3. The summed E-state index contributed by atoms with van der Waals surface area (Å²) in [5, 5.41) is 3.10. The molecule has 0 saturated heterocycles. The number of aromatic nitrogens is 1. The second kappa shape index (κ2) is 12.2. The Morgan fingerprint density at radius 1 is 0.970 bits per heavy atom. The van der Waals surface area contributed by atoms with Gasteiger partial charge in [-0.2, -0.15) is 13.1 Å². The van der Waals surface area contributed by atoms with E-state index in [0.717, 1.165) is 37.9 Å². The van der Waals surface area contributed by atoms with Gasteiger partial charge in [-0.1, -0.05) is 44.9 Å². The highest BCUT2D eigenvalue weighted by Crippen LogP contribution is 2.29. The van der Waals surface area contributed by atoms with Gasteiger partial charge in [0.2, 0.25) is 0 Å². The second-order valence-corrected chi connectivity index (χ2v) is 10.0. The van der Waals surface area contributed by atoms with Crippen molar-refractivity contribution in [2.75, 3.05) is 29.9 Å². The Morgan fingerprint density at radius 2 is 1.67 bits per heavy atom. The van der Waals surface area contributed by atoms with Gasteiger partial charge in [0.1, 0.15) is 11.4 Å². The Kier molecular flexibility index (Phi) is 9.40. The van der Waals surface area contributed by atoms with Gasteiger partial charge in [-0.05, 0) is 37.3 Å². The molecule has 182 valence electrons. The zero-order valence-electron chi connectivity index (χ0n) is 19.0. The summed E-state index contributed by atoms with van der Waals surface area (Å²) in [5.41, 5.74) is 0.623. The van der Waals surface area contributed by atoms with E-state index >= 15 is 0 Å². The highest BCUT2D eigenvalue weighted by molar-refractivity contribution is 7.83. The Balaban J connectivity index is 1.60. The molecule has 0 radical (unpaired) electrons. The minimum Gasteiger partial charge on any atom is -0.366 e. The number of hydrogen-bond acceptors (Lipinski definition) is 7. The second-order valence-electron chi connectivity index (χ2n) is 8.81. The summed E-state index contributed by atoms with van der Waals surface area (Å²) in [7, 11) is -4.14. The van der Waals surface area contributed by atoms with E-state index in [4.69, 9.17) is 4.55 Å². The molecule has 2 aromatic rings. The van der Waals surface area contributed by atoms with Crippen molar-refractivity contribution in [3.8, 4) is 0 Å². The molecule has 3 N–H and O–H groups in total. The maximum absolute atomic E-state index is 12.5. The first-order valence-corrected chi connectivity index (χ1v) is 13.3. The smallest absolute Gasteiger partial charge is 0.333 e. The number of nitrogens with one attached hydrogen (secondary N) is 2. The molecule has 9 nitrogen and oxygen atoms in total. The molecular formula is C23H34N4O5S. The van der Waals surface area contributed by atoms with E-state index in [-0.39, 0.29) is 6.54 Å². The summed E-state index contributed by atoms with van der Waals surface area (Å²) in [6.45, 7) is 1.60. The molecule has 0 bridgehead atoms. The lowest BCUT2D eigenvalue weighted by molar-refractivity contribution is 0.339. The number of anilines is 3. The Bertz CT molecular complexity index is 1040. The minimum absolute atomic E-state index is 0.197. The van der Waals surface area contributed by atoms with E-state index in [1.807, 2.05) is 0 Å². The van der Waals surface area contributed by atoms with Gasteiger partial charge >= 0.3 is 10.3 Å². The lowest BCUT2D eigenvalue weighted by Gasteiger charge is -2.30. The first-order chi connectivity index (χ1) is 15.8. The molecule has 1 aliphatic rings. The largest absolute Gasteiger partial charge is 0.366 e. The third-order valence-corrected chi connectivity index (χ3v) is 6.89. The summed E-state index contributed by atoms with van der Waals surface area (Å²) in [4.78, 5) is 30.9. The number of pyridine rings is 1. The molecule has 0 aliphatic heterocycles. The van der Waals surface area contributed by atoms with Crippen molar-refractivity contribution in [1.82, 2.24) is 9.71 Å². The lowest BCUT2D eigenvalue weighted by atomic mass is 9.87. The molecule has 33 heavy (non-hydrogen) atoms. The third kappa shape index (κ3) is 7.90. The van der Waals surface area contributed by atoms with Crippen molar-refractivity contribution >= 4 is 27.4 Å². The maximum Gasteiger partial charge on any atom is 0.333 e. The van der Waals surface area contributed by atoms with E-state index in [9.17, 15) is 18.0 Å². The molecular weight excluding hydrogens is 444 g/mol. The number of rotatable bonds is 14. The molecule has 0 unspecified atom stereocenters. The van der Waals surface area contributed by atoms with E-state index in [1.54, 1.807) is 24.5 Å². The predicted molar refractivity (Wildman–Crippen MR) is 130 cm³/mol. The van der Waals surface area contributed by atoms with E-state index in [1.165, 1.54) is 32.1 Å². The normalized spacial score (nSPS) is 15.1. The average Bonchev–Trinajstić information content (AvgIpc) is 2.81. The molecule has 10 heteroatoms. The summed E-state index contributed by atoms with van der Waals surface area (Å²) in [6.07, 6.45) is 13.6. The van der Waals surface area contributed by atoms with Crippen molar-refractivity contribution in [1.29, 1.82) is 0 Å². The minimum atomic E-state index is -4.14. The zero-order chi connectivity index (χ0) is 23.7. The number of hydrogen-bond donors (Lipinski definition) is 3. The summed E-state index contributed by atoms with van der Waals surface area (Å²) in [5.74, 6) is 0.663. The van der Waals surface area contributed by atoms with Crippen LogP contribution in [0.25, 0.3) is 0 Å². The maximum atomic E-state index is 12.5. The van der Waals surface area contributed by atoms with Crippen molar-refractivity contribution in [3.05, 3.63) is 45.0 Å². The highest BCUT2D eigenvalue weighted by atomic mass is 32.2. The fraction of sp³-hybridized carbons (Fsp3) is 0.609. The van der Waals surface area contributed by atoms with Crippen LogP contribution < -0.4 is 25.8 Å². The molecule has 0 atom stereocenters. The van der Waals surface area contributed by atoms with Crippen molar-refractivity contribution in [3.63, 3.8) is 0 Å². The standard InChI is InChI=1S/C23H34N4O5S/c28-22-20(26-19-10-14-24-15-11-19)21(23(22)29)27(17-12-18-8-4-3-5-9-18)16-7-2-1-6-13-25-33(30,31)32/h10-11,14-15,18,25H,1-9,12-13,16-17H2,(H,24,26)(H,30,31,32). The van der Waals surface area contributed by atoms with Gasteiger partial charge < -0.3 is 10.2 Å². The molecule has 1 fully saturated rings. The van der Waals surface area contributed by atoms with Crippen LogP contribution in [-0.4, -0.2) is 37.6 Å². The average molecular weight is 479 g/mol. The summed E-state index contributed by atoms with van der Waals surface area (Å²) >= 11 is 0. The van der Waals surface area contributed by atoms with E-state index in [2.05, 4.69) is 19.9 Å². The van der Waals surface area contributed by atoms with Crippen LogP contribution in [0, 0.1) is 5.92 Å². The van der Waals surface area contributed by atoms with Gasteiger partial charge in [0.15, 0.2) is 0 Å². The topological polar surface area (TPSA) is 129 Å². The molecule has 0 amide bonds. The molecule has 1 aliphatic carbocycles. The number of nitrogens with zero attached hydrogens (tertiary/aromatic N) is 2. The molecule has 1 heterocycles. The lowest BCUT2D eigenvalue weighted by Crippen LogP contribution is -2.43. The monoisotopic (exact) mass is 478 g/mol. The van der Waals surface area contributed by atoms with Crippen LogP contribution in [0.1, 0.15) is 64.2 Å². The van der Waals surface area contributed by atoms with Crippen molar-refractivity contribution in [2.24, 2.45) is 5.92 Å². The van der Waals surface area contributed by atoms with Gasteiger partial charge in [-0.15, -0.1) is 0 Å². The van der Waals surface area contributed by atoms with Crippen LogP contribution in [0.3, 0.4) is 0 Å². The SMILES string of the molecule is O=c1c(Nc2ccncc2)c(N(CCCCCCNS(=O)(=O)O)CCC2CCCCC2)c1=O. The van der Waals surface area contributed by atoms with Crippen LogP contribution in [0.5, 0.6) is 0 Å². The van der Waals surface area contributed by atoms with Gasteiger partial charge in [0.25, 0.3) is 10.9 Å². The fourth-order valence-electron chi connectivity index (χ4n) is 4.51. The van der Waals surface area contributed by atoms with Crippen LogP contribution >= 0.6 is 0 Å². The van der Waals surface area contributed by atoms with Crippen molar-refractivity contribution < 1.29 is 13.0 Å². The molecule has 1 aromatic carbocycles. The van der Waals surface area contributed by atoms with E-state index in [0.29, 0.717) is 30.3 Å². The zero-order valence-corrected chi connectivity index (χ0v) is 19.8. The quantitative estimate of drug-likeness (QED) is 0.215. The third-order valence-electron chi connectivity index (χ3n) is 6.32. The summed E-state index contributed by atoms with van der Waals surface area (Å²) < 4.78 is 32.2. The van der Waals surface area contributed by atoms with Gasteiger partial charge in [0, 0.05) is 37.7 Å². The fourth-order valence-corrected chi connectivity index (χ4v) is 4.91. The molecule has 1 saturated carbocycles. The Hall–Kier alpha value is -2.30. The molecule has 1 aromatic heterocycles. The van der Waals surface area contributed by atoms with Crippen LogP contribution in [0.4, 0.5) is 17.1 Å². The van der Waals surface area contributed by atoms with Gasteiger partial charge in [0.05, 0.1) is 0 Å². The van der Waals surface area contributed by atoms with E-state index < -0.39 is 21.2 Å². The van der Waals surface area contributed by atoms with Crippen LogP contribution in [0.15, 0.2) is 34.1 Å². The van der Waals surface area contributed by atoms with Crippen LogP contribution in [0.2, 0.25) is 0 Å². The van der Waals surface area contributed by atoms with Crippen LogP contribution in [-0.2, 0) is 10.3 Å². The molecule has 3 rings (SSSR count). The Labute approximate surface area is 195 Å². The number of unbranched alkanes of at least 4 members (excludes halogenated alkanes) is 3. The van der Waals surface area contributed by atoms with Gasteiger partial charge in [-0.3, -0.25) is 19.1 Å². The Morgan fingerprint density at radius 3 is 2.36 bits per heavy atom. The first-order valence-electron chi connectivity index (χ1n) is 11.8.